The van der Waals surface area contributed by atoms with Gasteiger partial charge in [-0.1, -0.05) is 0 Å². The molecule has 2 aromatic rings. The van der Waals surface area contributed by atoms with Crippen LogP contribution in [0.1, 0.15) is 5.56 Å². The van der Waals surface area contributed by atoms with Gasteiger partial charge in [-0.3, -0.25) is 24.6 Å². The van der Waals surface area contributed by atoms with E-state index in [0.29, 0.717) is 24.8 Å². The number of non-ortho nitro benzene ring substituents is 1. The number of amides is 2. The van der Waals surface area contributed by atoms with Gasteiger partial charge in [-0.2, -0.15) is 13.2 Å². The maximum Gasteiger partial charge on any atom is 0.420 e. The predicted molar refractivity (Wildman–Crippen MR) is 112 cm³/mol. The number of hydrogen-bond acceptors (Lipinski definition) is 6. The van der Waals surface area contributed by atoms with Crippen molar-refractivity contribution in [2.75, 3.05) is 44.6 Å². The lowest BCUT2D eigenvalue weighted by Gasteiger charge is -2.34. The third kappa shape index (κ3) is 6.63. The molecule has 1 heterocycles. The highest BCUT2D eigenvalue weighted by Crippen LogP contribution is 2.38. The Bertz CT molecular complexity index is 1050. The minimum Gasteiger partial charge on any atom is -0.483 e. The van der Waals surface area contributed by atoms with Crippen LogP contribution in [0.25, 0.3) is 0 Å². The summed E-state index contributed by atoms with van der Waals surface area (Å²) in [6.45, 7) is 0.554. The summed E-state index contributed by atoms with van der Waals surface area (Å²) in [4.78, 5) is 37.5. The summed E-state index contributed by atoms with van der Waals surface area (Å²) in [6, 6.07) is 7.33. The molecule has 1 N–H and O–H groups in total. The van der Waals surface area contributed by atoms with Crippen LogP contribution < -0.4 is 10.1 Å². The largest absolute Gasteiger partial charge is 0.483 e. The lowest BCUT2D eigenvalue weighted by atomic mass is 10.1. The van der Waals surface area contributed by atoms with E-state index in [-0.39, 0.29) is 25.5 Å². The Morgan fingerprint density at radius 1 is 1.06 bits per heavy atom. The molecule has 0 unspecified atom stereocenters. The number of piperazine rings is 1. The van der Waals surface area contributed by atoms with Crippen LogP contribution in [-0.2, 0) is 15.8 Å². The molecule has 3 rings (SSSR count). The van der Waals surface area contributed by atoms with Gasteiger partial charge >= 0.3 is 6.18 Å². The zero-order valence-electron chi connectivity index (χ0n) is 17.7. The average molecular weight is 484 g/mol. The Morgan fingerprint density at radius 3 is 2.29 bits per heavy atom. The molecule has 0 radical (unpaired) electrons. The first-order valence-electron chi connectivity index (χ1n) is 10.1. The topological polar surface area (TPSA) is 105 Å². The van der Waals surface area contributed by atoms with Gasteiger partial charge in [0, 0.05) is 44.0 Å². The van der Waals surface area contributed by atoms with Crippen LogP contribution in [0.5, 0.6) is 5.75 Å². The average Bonchev–Trinajstić information content (AvgIpc) is 2.78. The monoisotopic (exact) mass is 484 g/mol. The summed E-state index contributed by atoms with van der Waals surface area (Å²) in [6.07, 6.45) is -4.90. The normalized spacial score (nSPS) is 14.5. The molecule has 1 aliphatic rings. The number of halogens is 4. The van der Waals surface area contributed by atoms with Crippen LogP contribution in [0.3, 0.4) is 0 Å². The van der Waals surface area contributed by atoms with Gasteiger partial charge in [-0.15, -0.1) is 0 Å². The number of nitro benzene ring substituents is 1. The number of anilines is 1. The van der Waals surface area contributed by atoms with Gasteiger partial charge in [-0.05, 0) is 30.3 Å². The van der Waals surface area contributed by atoms with E-state index in [4.69, 9.17) is 4.74 Å². The van der Waals surface area contributed by atoms with Gasteiger partial charge < -0.3 is 15.0 Å². The van der Waals surface area contributed by atoms with Crippen LogP contribution >= 0.6 is 0 Å². The summed E-state index contributed by atoms with van der Waals surface area (Å²) < 4.78 is 57.6. The van der Waals surface area contributed by atoms with E-state index in [9.17, 15) is 37.3 Å². The lowest BCUT2D eigenvalue weighted by Crippen LogP contribution is -2.51. The van der Waals surface area contributed by atoms with Gasteiger partial charge in [0.25, 0.3) is 11.6 Å². The van der Waals surface area contributed by atoms with Crippen molar-refractivity contribution in [1.82, 2.24) is 9.80 Å². The van der Waals surface area contributed by atoms with Gasteiger partial charge in [0.15, 0.2) is 6.61 Å². The van der Waals surface area contributed by atoms with Crippen LogP contribution in [0, 0.1) is 15.9 Å². The molecule has 0 saturated carbocycles. The molecular formula is C21H20F4N4O5. The third-order valence-electron chi connectivity index (χ3n) is 5.05. The first-order valence-corrected chi connectivity index (χ1v) is 10.1. The second-order valence-electron chi connectivity index (χ2n) is 7.44. The molecule has 1 saturated heterocycles. The predicted octanol–water partition coefficient (Wildman–Crippen LogP) is 2.91. The van der Waals surface area contributed by atoms with E-state index in [1.54, 1.807) is 4.90 Å². The highest BCUT2D eigenvalue weighted by molar-refractivity contribution is 5.92. The summed E-state index contributed by atoms with van der Waals surface area (Å²) in [7, 11) is 0. The Balaban J connectivity index is 1.49. The molecule has 34 heavy (non-hydrogen) atoms. The minimum atomic E-state index is -4.90. The third-order valence-corrected chi connectivity index (χ3v) is 5.05. The van der Waals surface area contributed by atoms with E-state index in [2.05, 4.69) is 5.32 Å². The number of ether oxygens (including phenoxy) is 1. The molecule has 2 amide bonds. The summed E-state index contributed by atoms with van der Waals surface area (Å²) in [5, 5.41) is 13.4. The first-order chi connectivity index (χ1) is 16.0. The summed E-state index contributed by atoms with van der Waals surface area (Å²) >= 11 is 0. The van der Waals surface area contributed by atoms with Crippen LogP contribution in [-0.4, -0.2) is 65.9 Å². The first kappa shape index (κ1) is 24.9. The molecule has 9 nitrogen and oxygen atoms in total. The Kier molecular flexibility index (Phi) is 7.66. The van der Waals surface area contributed by atoms with E-state index >= 15 is 0 Å². The Hall–Kier alpha value is -3.74. The van der Waals surface area contributed by atoms with Crippen molar-refractivity contribution in [3.8, 4) is 5.75 Å². The SMILES string of the molecule is O=C(CN1CCN(C(=O)COc2ccc([N+](=O)[O-])cc2C(F)(F)F)CC1)Nc1ccc(F)cc1. The number of alkyl halides is 3. The fourth-order valence-electron chi connectivity index (χ4n) is 3.30. The second kappa shape index (κ2) is 10.5. The lowest BCUT2D eigenvalue weighted by molar-refractivity contribution is -0.385. The fraction of sp³-hybridized carbons (Fsp3) is 0.333. The molecule has 182 valence electrons. The molecule has 0 atom stereocenters. The number of nitrogens with zero attached hydrogens (tertiary/aromatic N) is 3. The molecule has 2 aromatic carbocycles. The molecule has 0 aromatic heterocycles. The molecule has 0 bridgehead atoms. The maximum absolute atomic E-state index is 13.2. The van der Waals surface area contributed by atoms with Crippen LogP contribution in [0.4, 0.5) is 28.9 Å². The number of rotatable bonds is 7. The number of hydrogen-bond donors (Lipinski definition) is 1. The zero-order chi connectivity index (χ0) is 24.9. The number of nitro groups is 1. The Morgan fingerprint density at radius 2 is 1.71 bits per heavy atom. The smallest absolute Gasteiger partial charge is 0.420 e. The summed E-state index contributed by atoms with van der Waals surface area (Å²) in [5.41, 5.74) is -1.64. The minimum absolute atomic E-state index is 0.0493. The van der Waals surface area contributed by atoms with E-state index in [1.165, 1.54) is 29.2 Å². The molecule has 13 heteroatoms. The van der Waals surface area contributed by atoms with Crippen molar-refractivity contribution < 1.29 is 36.8 Å². The van der Waals surface area contributed by atoms with E-state index in [1.807, 2.05) is 0 Å². The highest BCUT2D eigenvalue weighted by atomic mass is 19.4. The van der Waals surface area contributed by atoms with E-state index in [0.717, 1.165) is 12.1 Å². The van der Waals surface area contributed by atoms with Crippen molar-refractivity contribution in [1.29, 1.82) is 0 Å². The van der Waals surface area contributed by atoms with Crippen molar-refractivity contribution >= 4 is 23.2 Å². The van der Waals surface area contributed by atoms with Gasteiger partial charge in [0.1, 0.15) is 17.1 Å². The van der Waals surface area contributed by atoms with Gasteiger partial charge in [0.05, 0.1) is 11.5 Å². The Labute approximate surface area is 191 Å². The standard InChI is InChI=1S/C21H20F4N4O5/c22-14-1-3-15(4-2-14)26-19(30)12-27-7-9-28(10-8-27)20(31)13-34-18-6-5-16(29(32)33)11-17(18)21(23,24)25/h1-6,11H,7-10,12-13H2,(H,26,30). The van der Waals surface area contributed by atoms with Crippen molar-refractivity contribution in [2.45, 2.75) is 6.18 Å². The molecule has 0 spiro atoms. The number of nitrogens with one attached hydrogen (secondary N) is 1. The van der Waals surface area contributed by atoms with Crippen LogP contribution in [0.15, 0.2) is 42.5 Å². The van der Waals surface area contributed by atoms with Gasteiger partial charge in [-0.25, -0.2) is 4.39 Å². The van der Waals surface area contributed by atoms with E-state index < -0.39 is 46.4 Å². The zero-order valence-corrected chi connectivity index (χ0v) is 17.7. The number of benzene rings is 2. The van der Waals surface area contributed by atoms with Crippen molar-refractivity contribution in [2.24, 2.45) is 0 Å². The quantitative estimate of drug-likeness (QED) is 0.368. The van der Waals surface area contributed by atoms with Crippen LogP contribution in [0.2, 0.25) is 0 Å². The maximum atomic E-state index is 13.2. The van der Waals surface area contributed by atoms with Crippen molar-refractivity contribution in [3.63, 3.8) is 0 Å². The molecule has 0 aliphatic carbocycles. The van der Waals surface area contributed by atoms with Crippen molar-refractivity contribution in [3.05, 3.63) is 64.0 Å². The molecule has 1 aliphatic heterocycles. The molecular weight excluding hydrogens is 464 g/mol. The summed E-state index contributed by atoms with van der Waals surface area (Å²) in [5.74, 6) is -1.97. The number of carbonyl (C=O) groups excluding carboxylic acids is 2. The molecule has 1 fully saturated rings. The fourth-order valence-corrected chi connectivity index (χ4v) is 3.30. The second-order valence-corrected chi connectivity index (χ2v) is 7.44. The number of carbonyl (C=O) groups is 2. The highest BCUT2D eigenvalue weighted by Gasteiger charge is 2.36. The van der Waals surface area contributed by atoms with Gasteiger partial charge in [0.2, 0.25) is 5.91 Å².